The van der Waals surface area contributed by atoms with Crippen molar-refractivity contribution >= 4 is 0 Å². The molecule has 2 atom stereocenters. The average Bonchev–Trinajstić information content (AvgIpc) is 2.16. The summed E-state index contributed by atoms with van der Waals surface area (Å²) in [5.41, 5.74) is 0. The maximum atomic E-state index is 2.38. The summed E-state index contributed by atoms with van der Waals surface area (Å²) >= 11 is 0. The molecule has 2 unspecified atom stereocenters. The second kappa shape index (κ2) is 18.7. The van der Waals surface area contributed by atoms with Crippen LogP contribution in [0.3, 0.4) is 0 Å². The van der Waals surface area contributed by atoms with Gasteiger partial charge in [0, 0.05) is 0 Å². The van der Waals surface area contributed by atoms with Crippen LogP contribution < -0.4 is 0 Å². The fraction of sp³-hybridized carbons (Fsp3) is 1.00. The van der Waals surface area contributed by atoms with Crippen LogP contribution in [-0.2, 0) is 0 Å². The topological polar surface area (TPSA) is 0 Å². The van der Waals surface area contributed by atoms with Gasteiger partial charge >= 0.3 is 0 Å². The van der Waals surface area contributed by atoms with E-state index in [1.54, 1.807) is 0 Å². The van der Waals surface area contributed by atoms with Gasteiger partial charge in [-0.1, -0.05) is 82.1 Å². The average molecular weight is 204 g/mol. The van der Waals surface area contributed by atoms with E-state index in [0.29, 0.717) is 0 Å². The molecule has 0 aliphatic carbocycles. The summed E-state index contributed by atoms with van der Waals surface area (Å²) in [6, 6.07) is 0. The van der Waals surface area contributed by atoms with Crippen molar-refractivity contribution in [3.8, 4) is 0 Å². The first-order valence-corrected chi connectivity index (χ1v) is 5.76. The van der Waals surface area contributed by atoms with Crippen LogP contribution in [0.15, 0.2) is 0 Å². The highest BCUT2D eigenvalue weighted by atomic mass is 14.2. The molecule has 0 aromatic carbocycles. The van der Waals surface area contributed by atoms with E-state index in [2.05, 4.69) is 27.7 Å². The van der Waals surface area contributed by atoms with E-state index in [-0.39, 0.29) is 14.9 Å². The molecule has 0 bridgehead atoms. The molecule has 92 valence electrons. The summed E-state index contributed by atoms with van der Waals surface area (Å²) in [6.07, 6.45) is 5.48. The standard InChI is InChI=1S/C10H22.C2H6.2CH4/c1-5-8-10(7-3)9(4)6-2;1-2;;/h9-10H,5-8H2,1-4H3;1-2H3;2*1H4. The molecular weight excluding hydrogens is 168 g/mol. The van der Waals surface area contributed by atoms with Crippen LogP contribution in [0.25, 0.3) is 0 Å². The van der Waals surface area contributed by atoms with Crippen LogP contribution in [0.5, 0.6) is 0 Å². The van der Waals surface area contributed by atoms with E-state index in [1.807, 2.05) is 13.8 Å². The van der Waals surface area contributed by atoms with E-state index in [1.165, 1.54) is 25.7 Å². The van der Waals surface area contributed by atoms with Gasteiger partial charge in [-0.15, -0.1) is 0 Å². The Morgan fingerprint density at radius 2 is 1.29 bits per heavy atom. The van der Waals surface area contributed by atoms with E-state index in [9.17, 15) is 0 Å². The number of hydrogen-bond acceptors (Lipinski definition) is 0. The zero-order valence-electron chi connectivity index (χ0n) is 9.98. The molecule has 0 N–H and O–H groups in total. The van der Waals surface area contributed by atoms with Gasteiger partial charge in [0.25, 0.3) is 0 Å². The van der Waals surface area contributed by atoms with Crippen molar-refractivity contribution in [1.82, 2.24) is 0 Å². The van der Waals surface area contributed by atoms with Gasteiger partial charge in [0.15, 0.2) is 0 Å². The zero-order valence-corrected chi connectivity index (χ0v) is 9.98. The Hall–Kier alpha value is 0. The van der Waals surface area contributed by atoms with Gasteiger partial charge in [-0.3, -0.25) is 0 Å². The lowest BCUT2D eigenvalue weighted by atomic mass is 9.86. The quantitative estimate of drug-likeness (QED) is 0.503. The van der Waals surface area contributed by atoms with Crippen molar-refractivity contribution in [2.45, 2.75) is 82.1 Å². The molecule has 0 aromatic rings. The van der Waals surface area contributed by atoms with E-state index in [4.69, 9.17) is 0 Å². The molecule has 0 amide bonds. The second-order valence-electron chi connectivity index (χ2n) is 3.34. The second-order valence-corrected chi connectivity index (χ2v) is 3.34. The summed E-state index contributed by atoms with van der Waals surface area (Å²) in [6.45, 7) is 13.3. The summed E-state index contributed by atoms with van der Waals surface area (Å²) in [4.78, 5) is 0. The fourth-order valence-corrected chi connectivity index (χ4v) is 1.60. The molecule has 0 fully saturated rings. The van der Waals surface area contributed by atoms with Crippen LogP contribution in [0.2, 0.25) is 0 Å². The molecule has 0 heterocycles. The molecule has 14 heavy (non-hydrogen) atoms. The molecule has 0 nitrogen and oxygen atoms in total. The first kappa shape index (κ1) is 23.7. The normalized spacial score (nSPS) is 12.4. The highest BCUT2D eigenvalue weighted by Crippen LogP contribution is 2.22. The Morgan fingerprint density at radius 3 is 1.50 bits per heavy atom. The lowest BCUT2D eigenvalue weighted by molar-refractivity contribution is 0.315. The van der Waals surface area contributed by atoms with Crippen molar-refractivity contribution in [1.29, 1.82) is 0 Å². The fourth-order valence-electron chi connectivity index (χ4n) is 1.60. The van der Waals surface area contributed by atoms with Crippen LogP contribution in [-0.4, -0.2) is 0 Å². The van der Waals surface area contributed by atoms with E-state index in [0.717, 1.165) is 11.8 Å². The smallest absolute Gasteiger partial charge is 0.0391 e. The molecular formula is C14H36. The molecule has 0 aliphatic heterocycles. The third kappa shape index (κ3) is 12.0. The Kier molecular flexibility index (Phi) is 31.6. The monoisotopic (exact) mass is 204 g/mol. The molecule has 0 spiro atoms. The van der Waals surface area contributed by atoms with Crippen molar-refractivity contribution in [2.75, 3.05) is 0 Å². The molecule has 0 radical (unpaired) electrons. The van der Waals surface area contributed by atoms with Crippen LogP contribution in [0, 0.1) is 11.8 Å². The largest absolute Gasteiger partial charge is 0.0776 e. The molecule has 0 aliphatic rings. The van der Waals surface area contributed by atoms with Gasteiger partial charge < -0.3 is 0 Å². The van der Waals surface area contributed by atoms with Gasteiger partial charge in [0.05, 0.1) is 0 Å². The third-order valence-electron chi connectivity index (χ3n) is 2.63. The first-order valence-electron chi connectivity index (χ1n) is 5.76. The summed E-state index contributed by atoms with van der Waals surface area (Å²) in [5.74, 6) is 1.92. The Labute approximate surface area is 94.5 Å². The molecule has 0 rings (SSSR count). The molecule has 0 aromatic heterocycles. The van der Waals surface area contributed by atoms with Gasteiger partial charge in [-0.2, -0.15) is 0 Å². The maximum Gasteiger partial charge on any atom is -0.0391 e. The van der Waals surface area contributed by atoms with Crippen LogP contribution >= 0.6 is 0 Å². The van der Waals surface area contributed by atoms with Gasteiger partial charge in [-0.05, 0) is 11.8 Å². The van der Waals surface area contributed by atoms with Crippen molar-refractivity contribution in [3.63, 3.8) is 0 Å². The molecule has 0 heteroatoms. The summed E-state index contributed by atoms with van der Waals surface area (Å²) in [7, 11) is 0. The minimum atomic E-state index is 0. The Balaban J connectivity index is -0.000000117. The van der Waals surface area contributed by atoms with Crippen LogP contribution in [0.4, 0.5) is 0 Å². The van der Waals surface area contributed by atoms with Gasteiger partial charge in [0.2, 0.25) is 0 Å². The van der Waals surface area contributed by atoms with Crippen molar-refractivity contribution in [3.05, 3.63) is 0 Å². The molecule has 0 saturated heterocycles. The Bertz CT molecular complexity index is 66.4. The summed E-state index contributed by atoms with van der Waals surface area (Å²) in [5, 5.41) is 0. The highest BCUT2D eigenvalue weighted by molar-refractivity contribution is 4.62. The lowest BCUT2D eigenvalue weighted by Crippen LogP contribution is -2.09. The first-order chi connectivity index (χ1) is 5.76. The Morgan fingerprint density at radius 1 is 0.857 bits per heavy atom. The maximum absolute atomic E-state index is 2.38. The molecule has 0 saturated carbocycles. The van der Waals surface area contributed by atoms with E-state index >= 15 is 0 Å². The number of rotatable bonds is 5. The number of hydrogen-bond donors (Lipinski definition) is 0. The minimum absolute atomic E-state index is 0. The highest BCUT2D eigenvalue weighted by Gasteiger charge is 2.11. The van der Waals surface area contributed by atoms with Crippen molar-refractivity contribution in [2.24, 2.45) is 11.8 Å². The summed E-state index contributed by atoms with van der Waals surface area (Å²) < 4.78 is 0. The third-order valence-corrected chi connectivity index (χ3v) is 2.63. The van der Waals surface area contributed by atoms with Gasteiger partial charge in [0.1, 0.15) is 0 Å². The van der Waals surface area contributed by atoms with Gasteiger partial charge in [-0.25, -0.2) is 0 Å². The SMILES string of the molecule is C.C.CC.CCCC(CC)C(C)CC. The predicted molar refractivity (Wildman–Crippen MR) is 73.0 cm³/mol. The predicted octanol–water partition coefficient (Wildman–Crippen LogP) is 6.16. The van der Waals surface area contributed by atoms with Crippen LogP contribution in [0.1, 0.15) is 82.1 Å². The van der Waals surface area contributed by atoms with Crippen molar-refractivity contribution < 1.29 is 0 Å². The minimum Gasteiger partial charge on any atom is -0.0776 e. The lowest BCUT2D eigenvalue weighted by Gasteiger charge is -2.20. The van der Waals surface area contributed by atoms with E-state index < -0.39 is 0 Å². The zero-order chi connectivity index (χ0) is 9.98.